The smallest absolute Gasteiger partial charge is 0.182 e. The first kappa shape index (κ1) is 18.4. The molecule has 30 heavy (non-hydrogen) atoms. The highest BCUT2D eigenvalue weighted by Gasteiger charge is 2.19. The second-order valence-electron chi connectivity index (χ2n) is 7.49. The van der Waals surface area contributed by atoms with E-state index in [-0.39, 0.29) is 0 Å². The zero-order chi connectivity index (χ0) is 20.8. The van der Waals surface area contributed by atoms with E-state index in [1.165, 1.54) is 5.56 Å². The van der Waals surface area contributed by atoms with Crippen LogP contribution < -0.4 is 4.74 Å². The van der Waals surface area contributed by atoms with Crippen molar-refractivity contribution in [1.82, 2.24) is 24.1 Å². The average Bonchev–Trinajstić information content (AvgIpc) is 3.29. The zero-order valence-corrected chi connectivity index (χ0v) is 17.5. The van der Waals surface area contributed by atoms with Crippen molar-refractivity contribution in [3.63, 3.8) is 0 Å². The molecule has 0 aliphatic carbocycles. The Kier molecular flexibility index (Phi) is 4.28. The van der Waals surface area contributed by atoms with Gasteiger partial charge in [0.2, 0.25) is 0 Å². The molecule has 5 aromatic rings. The Labute approximate surface area is 174 Å². The van der Waals surface area contributed by atoms with Crippen molar-refractivity contribution >= 4 is 16.7 Å². The molecule has 0 N–H and O–H groups in total. The maximum absolute atomic E-state index is 5.58. The van der Waals surface area contributed by atoms with Gasteiger partial charge >= 0.3 is 0 Å². The van der Waals surface area contributed by atoms with Crippen molar-refractivity contribution in [2.75, 3.05) is 6.61 Å². The highest BCUT2D eigenvalue weighted by molar-refractivity contribution is 5.95. The number of rotatable bonds is 4. The topological polar surface area (TPSA) is 57.2 Å². The molecule has 6 nitrogen and oxygen atoms in total. The summed E-state index contributed by atoms with van der Waals surface area (Å²) in [5, 5.41) is 5.70. The molecule has 3 heterocycles. The first-order valence-corrected chi connectivity index (χ1v) is 10.1. The van der Waals surface area contributed by atoms with Crippen LogP contribution in [-0.4, -0.2) is 30.8 Å². The fraction of sp³-hybridized carbons (Fsp3) is 0.208. The van der Waals surface area contributed by atoms with Gasteiger partial charge < -0.3 is 4.74 Å². The summed E-state index contributed by atoms with van der Waals surface area (Å²) >= 11 is 0. The normalized spacial score (nSPS) is 11.5. The number of ether oxygens (including phenoxy) is 1. The molecule has 5 rings (SSSR count). The van der Waals surface area contributed by atoms with Crippen LogP contribution in [0.4, 0.5) is 0 Å². The zero-order valence-electron chi connectivity index (χ0n) is 17.5. The van der Waals surface area contributed by atoms with E-state index < -0.39 is 0 Å². The molecular formula is C24H23N5O. The summed E-state index contributed by atoms with van der Waals surface area (Å²) in [6, 6.07) is 16.3. The first-order valence-electron chi connectivity index (χ1n) is 10.1. The third-order valence-electron chi connectivity index (χ3n) is 5.51. The van der Waals surface area contributed by atoms with Gasteiger partial charge in [-0.05, 0) is 63.6 Å². The van der Waals surface area contributed by atoms with Gasteiger partial charge in [-0.3, -0.25) is 4.57 Å². The van der Waals surface area contributed by atoms with Crippen LogP contribution in [0.1, 0.15) is 23.7 Å². The van der Waals surface area contributed by atoms with Crippen molar-refractivity contribution in [3.05, 3.63) is 71.7 Å². The Morgan fingerprint density at radius 1 is 0.967 bits per heavy atom. The summed E-state index contributed by atoms with van der Waals surface area (Å²) in [7, 11) is 0. The lowest BCUT2D eigenvalue weighted by molar-refractivity contribution is 0.340. The van der Waals surface area contributed by atoms with Crippen LogP contribution in [0, 0.1) is 20.8 Å². The van der Waals surface area contributed by atoms with E-state index in [0.29, 0.717) is 12.4 Å². The quantitative estimate of drug-likeness (QED) is 0.425. The highest BCUT2D eigenvalue weighted by atomic mass is 16.5. The molecule has 0 aliphatic heterocycles. The molecule has 0 aliphatic rings. The molecule has 150 valence electrons. The summed E-state index contributed by atoms with van der Waals surface area (Å²) in [5.41, 5.74) is 7.22. The maximum Gasteiger partial charge on any atom is 0.182 e. The van der Waals surface area contributed by atoms with Gasteiger partial charge in [0.15, 0.2) is 17.1 Å². The van der Waals surface area contributed by atoms with Gasteiger partial charge in [0.05, 0.1) is 12.0 Å². The van der Waals surface area contributed by atoms with Crippen molar-refractivity contribution in [3.8, 4) is 22.8 Å². The Bertz CT molecular complexity index is 1380. The van der Waals surface area contributed by atoms with E-state index in [2.05, 4.69) is 54.7 Å². The van der Waals surface area contributed by atoms with Gasteiger partial charge in [-0.15, -0.1) is 5.10 Å². The molecule has 2 aromatic carbocycles. The molecule has 0 bridgehead atoms. The Balaban J connectivity index is 1.71. The van der Waals surface area contributed by atoms with E-state index in [0.717, 1.165) is 44.9 Å². The summed E-state index contributed by atoms with van der Waals surface area (Å²) in [6.07, 6.45) is 1.74. The first-order chi connectivity index (χ1) is 14.6. The van der Waals surface area contributed by atoms with Gasteiger partial charge in [0, 0.05) is 16.9 Å². The minimum atomic E-state index is 0.652. The van der Waals surface area contributed by atoms with Gasteiger partial charge in [-0.25, -0.2) is 14.5 Å². The summed E-state index contributed by atoms with van der Waals surface area (Å²) in [4.78, 5) is 9.62. The Morgan fingerprint density at radius 3 is 2.50 bits per heavy atom. The van der Waals surface area contributed by atoms with Crippen LogP contribution in [0.2, 0.25) is 0 Å². The standard InChI is InChI=1S/C24H23N5O/c1-5-30-20-11-9-19(10-12-20)29-17(4)16(3)21-23(29)25-14-28-24(21)26-22(27-28)18-8-6-7-15(2)13-18/h6-14H,5H2,1-4H3. The van der Waals surface area contributed by atoms with Gasteiger partial charge in [0.25, 0.3) is 0 Å². The molecule has 0 saturated heterocycles. The summed E-state index contributed by atoms with van der Waals surface area (Å²) < 4.78 is 9.52. The van der Waals surface area contributed by atoms with E-state index in [4.69, 9.17) is 14.7 Å². The van der Waals surface area contributed by atoms with Gasteiger partial charge in [-0.1, -0.05) is 23.8 Å². The van der Waals surface area contributed by atoms with E-state index in [9.17, 15) is 0 Å². The largest absolute Gasteiger partial charge is 0.494 e. The molecule has 0 unspecified atom stereocenters. The minimum Gasteiger partial charge on any atom is -0.494 e. The predicted octanol–water partition coefficient (Wildman–Crippen LogP) is 5.06. The van der Waals surface area contributed by atoms with Crippen LogP contribution in [0.5, 0.6) is 5.75 Å². The predicted molar refractivity (Wildman–Crippen MR) is 118 cm³/mol. The molecule has 0 atom stereocenters. The lowest BCUT2D eigenvalue weighted by atomic mass is 10.1. The van der Waals surface area contributed by atoms with Crippen molar-refractivity contribution in [2.24, 2.45) is 0 Å². The van der Waals surface area contributed by atoms with Crippen molar-refractivity contribution in [2.45, 2.75) is 27.7 Å². The van der Waals surface area contributed by atoms with Crippen LogP contribution in [0.15, 0.2) is 54.9 Å². The summed E-state index contributed by atoms with van der Waals surface area (Å²) in [6.45, 7) is 8.94. The second-order valence-corrected chi connectivity index (χ2v) is 7.49. The van der Waals surface area contributed by atoms with Crippen LogP contribution >= 0.6 is 0 Å². The van der Waals surface area contributed by atoms with Crippen molar-refractivity contribution in [1.29, 1.82) is 0 Å². The lowest BCUT2D eigenvalue weighted by Gasteiger charge is -2.09. The number of hydrogen-bond acceptors (Lipinski definition) is 4. The fourth-order valence-electron chi connectivity index (χ4n) is 3.94. The minimum absolute atomic E-state index is 0.652. The van der Waals surface area contributed by atoms with Crippen LogP contribution in [0.25, 0.3) is 33.8 Å². The third kappa shape index (κ3) is 2.84. The molecule has 0 amide bonds. The third-order valence-corrected chi connectivity index (χ3v) is 5.51. The molecule has 3 aromatic heterocycles. The number of hydrogen-bond donors (Lipinski definition) is 0. The van der Waals surface area contributed by atoms with E-state index in [1.54, 1.807) is 10.8 Å². The number of nitrogens with zero attached hydrogens (tertiary/aromatic N) is 5. The SMILES string of the molecule is CCOc1ccc(-n2c(C)c(C)c3c2ncn2nc(-c4cccc(C)c4)nc32)cc1. The number of benzene rings is 2. The Morgan fingerprint density at radius 2 is 1.77 bits per heavy atom. The van der Waals surface area contributed by atoms with E-state index in [1.807, 2.05) is 31.2 Å². The molecule has 0 spiro atoms. The van der Waals surface area contributed by atoms with Crippen LogP contribution in [0.3, 0.4) is 0 Å². The van der Waals surface area contributed by atoms with Crippen LogP contribution in [-0.2, 0) is 0 Å². The highest BCUT2D eigenvalue weighted by Crippen LogP contribution is 2.31. The molecule has 0 saturated carbocycles. The van der Waals surface area contributed by atoms with Gasteiger partial charge in [-0.2, -0.15) is 0 Å². The summed E-state index contributed by atoms with van der Waals surface area (Å²) in [5.74, 6) is 1.57. The fourth-order valence-corrected chi connectivity index (χ4v) is 3.94. The molecule has 6 heteroatoms. The monoisotopic (exact) mass is 397 g/mol. The molecule has 0 fully saturated rings. The lowest BCUT2D eigenvalue weighted by Crippen LogP contribution is -1.99. The number of aromatic nitrogens is 5. The van der Waals surface area contributed by atoms with Crippen molar-refractivity contribution < 1.29 is 4.74 Å². The molecular weight excluding hydrogens is 374 g/mol. The Hall–Kier alpha value is -3.67. The maximum atomic E-state index is 5.58. The number of aryl methyl sites for hydroxylation is 2. The second kappa shape index (κ2) is 6.99. The van der Waals surface area contributed by atoms with E-state index >= 15 is 0 Å². The van der Waals surface area contributed by atoms with Gasteiger partial charge in [0.1, 0.15) is 12.1 Å². The number of fused-ring (bicyclic) bond motifs is 3. The molecule has 0 radical (unpaired) electrons. The average molecular weight is 397 g/mol.